The molecule has 4 N–H and O–H groups in total. The summed E-state index contributed by atoms with van der Waals surface area (Å²) in [4.78, 5) is 13.2. The molecule has 3 heteroatoms. The van der Waals surface area contributed by atoms with Crippen LogP contribution < -0.4 is 11.5 Å². The zero-order valence-electron chi connectivity index (χ0n) is 16.3. The number of nitrogens with two attached hydrogens (primary N) is 2. The molecule has 0 aromatic heterocycles. The van der Waals surface area contributed by atoms with Gasteiger partial charge in [-0.25, -0.2) is 0 Å². The molecule has 2 aromatic rings. The van der Waals surface area contributed by atoms with Gasteiger partial charge in [0.2, 0.25) is 0 Å². The first-order valence-electron chi connectivity index (χ1n) is 9.39. The lowest BCUT2D eigenvalue weighted by Crippen LogP contribution is -2.29. The monoisotopic (exact) mass is 360 g/mol. The van der Waals surface area contributed by atoms with Crippen LogP contribution in [0.5, 0.6) is 0 Å². The summed E-state index contributed by atoms with van der Waals surface area (Å²) in [5, 5.41) is 0. The van der Waals surface area contributed by atoms with Crippen molar-refractivity contribution in [2.45, 2.75) is 33.6 Å². The van der Waals surface area contributed by atoms with Crippen molar-refractivity contribution in [3.63, 3.8) is 0 Å². The first-order valence-corrected chi connectivity index (χ1v) is 9.39. The number of benzene rings is 2. The van der Waals surface area contributed by atoms with E-state index in [0.29, 0.717) is 5.92 Å². The Morgan fingerprint density at radius 3 is 1.48 bits per heavy atom. The van der Waals surface area contributed by atoms with Gasteiger partial charge in [0.15, 0.2) is 5.78 Å². The number of rotatable bonds is 2. The van der Waals surface area contributed by atoms with E-state index in [1.165, 1.54) is 0 Å². The number of hydrogen-bond donors (Lipinski definition) is 2. The SMILES string of the molecule is CC(C)(C)C1C/C(=C/c2ccc(N)cc2)C(=O)/C(=C/c2ccc(N)cc2)C1. The van der Waals surface area contributed by atoms with Gasteiger partial charge in [-0.1, -0.05) is 45.0 Å². The molecular weight excluding hydrogens is 332 g/mol. The molecule has 1 saturated carbocycles. The number of ketones is 1. The maximum atomic E-state index is 13.2. The van der Waals surface area contributed by atoms with E-state index in [1.807, 2.05) is 60.7 Å². The van der Waals surface area contributed by atoms with Crippen LogP contribution in [0, 0.1) is 11.3 Å². The highest BCUT2D eigenvalue weighted by atomic mass is 16.1. The van der Waals surface area contributed by atoms with E-state index in [4.69, 9.17) is 11.5 Å². The van der Waals surface area contributed by atoms with Crippen molar-refractivity contribution < 1.29 is 4.79 Å². The lowest BCUT2D eigenvalue weighted by Gasteiger charge is -2.35. The van der Waals surface area contributed by atoms with Crippen LogP contribution in [-0.4, -0.2) is 5.78 Å². The average Bonchev–Trinajstić information content (AvgIpc) is 2.61. The number of Topliss-reactive ketones (excluding diaryl/α,β-unsaturated/α-hetero) is 1. The lowest BCUT2D eigenvalue weighted by atomic mass is 9.68. The topological polar surface area (TPSA) is 69.1 Å². The molecule has 0 aliphatic heterocycles. The van der Waals surface area contributed by atoms with Crippen molar-refractivity contribution in [3.05, 3.63) is 70.8 Å². The quantitative estimate of drug-likeness (QED) is 0.561. The Morgan fingerprint density at radius 2 is 1.15 bits per heavy atom. The Bertz CT molecular complexity index is 814. The van der Waals surface area contributed by atoms with Gasteiger partial charge in [0.1, 0.15) is 0 Å². The van der Waals surface area contributed by atoms with Crippen molar-refractivity contribution in [3.8, 4) is 0 Å². The Kier molecular flexibility index (Phi) is 5.22. The molecule has 0 bridgehead atoms. The summed E-state index contributed by atoms with van der Waals surface area (Å²) < 4.78 is 0. The fourth-order valence-electron chi connectivity index (χ4n) is 3.44. The number of carbonyl (C=O) groups is 1. The van der Waals surface area contributed by atoms with E-state index in [0.717, 1.165) is 46.5 Å². The molecule has 1 aliphatic carbocycles. The van der Waals surface area contributed by atoms with Gasteiger partial charge in [0, 0.05) is 22.5 Å². The van der Waals surface area contributed by atoms with Crippen molar-refractivity contribution in [1.82, 2.24) is 0 Å². The average molecular weight is 361 g/mol. The molecule has 2 aromatic carbocycles. The molecule has 140 valence electrons. The molecule has 3 rings (SSSR count). The largest absolute Gasteiger partial charge is 0.399 e. The summed E-state index contributed by atoms with van der Waals surface area (Å²) in [6, 6.07) is 15.3. The summed E-state index contributed by atoms with van der Waals surface area (Å²) in [6.45, 7) is 6.74. The minimum Gasteiger partial charge on any atom is -0.399 e. The van der Waals surface area contributed by atoms with E-state index < -0.39 is 0 Å². The zero-order chi connectivity index (χ0) is 19.6. The molecule has 1 atom stereocenters. The minimum absolute atomic E-state index is 0.126. The summed E-state index contributed by atoms with van der Waals surface area (Å²) in [5.74, 6) is 0.555. The van der Waals surface area contributed by atoms with Crippen LogP contribution in [0.25, 0.3) is 12.2 Å². The minimum atomic E-state index is 0.126. The van der Waals surface area contributed by atoms with Gasteiger partial charge in [-0.05, 0) is 71.7 Å². The summed E-state index contributed by atoms with van der Waals surface area (Å²) in [6.07, 6.45) is 5.62. The highest BCUT2D eigenvalue weighted by molar-refractivity contribution is 6.14. The Labute approximate surface area is 161 Å². The number of allylic oxidation sites excluding steroid dienone is 2. The first-order chi connectivity index (χ1) is 12.7. The predicted octanol–water partition coefficient (Wildman–Crippen LogP) is 5.34. The van der Waals surface area contributed by atoms with Crippen LogP contribution in [0.1, 0.15) is 44.7 Å². The van der Waals surface area contributed by atoms with E-state index in [-0.39, 0.29) is 11.2 Å². The Hall–Kier alpha value is -2.81. The smallest absolute Gasteiger partial charge is 0.185 e. The van der Waals surface area contributed by atoms with Gasteiger partial charge in [0.25, 0.3) is 0 Å². The molecule has 3 nitrogen and oxygen atoms in total. The normalized spacial score (nSPS) is 21.0. The number of hydrogen-bond acceptors (Lipinski definition) is 3. The maximum Gasteiger partial charge on any atom is 0.185 e. The van der Waals surface area contributed by atoms with Crippen molar-refractivity contribution >= 4 is 29.3 Å². The highest BCUT2D eigenvalue weighted by Crippen LogP contribution is 2.42. The van der Waals surface area contributed by atoms with Crippen molar-refractivity contribution in [2.24, 2.45) is 11.3 Å². The fraction of sp³-hybridized carbons (Fsp3) is 0.292. The molecule has 0 amide bonds. The second kappa shape index (κ2) is 7.43. The van der Waals surface area contributed by atoms with Crippen LogP contribution in [-0.2, 0) is 4.79 Å². The summed E-state index contributed by atoms with van der Waals surface area (Å²) in [5.41, 5.74) is 16.9. The van der Waals surface area contributed by atoms with Gasteiger partial charge in [-0.2, -0.15) is 0 Å². The lowest BCUT2D eigenvalue weighted by molar-refractivity contribution is -0.113. The van der Waals surface area contributed by atoms with Gasteiger partial charge >= 0.3 is 0 Å². The number of nitrogen functional groups attached to an aromatic ring is 2. The van der Waals surface area contributed by atoms with Gasteiger partial charge in [0.05, 0.1) is 0 Å². The van der Waals surface area contributed by atoms with E-state index >= 15 is 0 Å². The second-order valence-corrected chi connectivity index (χ2v) is 8.47. The molecular formula is C24H28N2O. The van der Waals surface area contributed by atoms with Crippen LogP contribution in [0.3, 0.4) is 0 Å². The predicted molar refractivity (Wildman–Crippen MR) is 115 cm³/mol. The van der Waals surface area contributed by atoms with Gasteiger partial charge < -0.3 is 11.5 Å². The standard InChI is InChI=1S/C24H28N2O/c1-24(2,3)20-14-18(12-16-4-8-21(25)9-5-16)23(27)19(15-20)13-17-6-10-22(26)11-7-17/h4-13,20H,14-15,25-26H2,1-3H3/b18-12-,19-13+. The van der Waals surface area contributed by atoms with Crippen LogP contribution in [0.15, 0.2) is 59.7 Å². The maximum absolute atomic E-state index is 13.2. The molecule has 1 unspecified atom stereocenters. The highest BCUT2D eigenvalue weighted by Gasteiger charge is 2.34. The van der Waals surface area contributed by atoms with Gasteiger partial charge in [-0.15, -0.1) is 0 Å². The fourth-order valence-corrected chi connectivity index (χ4v) is 3.44. The molecule has 0 spiro atoms. The molecule has 1 aliphatic rings. The number of carbonyl (C=O) groups excluding carboxylic acids is 1. The van der Waals surface area contributed by atoms with Crippen LogP contribution in [0.2, 0.25) is 0 Å². The molecule has 0 heterocycles. The zero-order valence-corrected chi connectivity index (χ0v) is 16.3. The molecule has 0 saturated heterocycles. The summed E-state index contributed by atoms with van der Waals surface area (Å²) >= 11 is 0. The summed E-state index contributed by atoms with van der Waals surface area (Å²) in [7, 11) is 0. The van der Waals surface area contributed by atoms with E-state index in [2.05, 4.69) is 20.8 Å². The number of anilines is 2. The van der Waals surface area contributed by atoms with Crippen LogP contribution in [0.4, 0.5) is 11.4 Å². The second-order valence-electron chi connectivity index (χ2n) is 8.47. The third-order valence-corrected chi connectivity index (χ3v) is 5.30. The van der Waals surface area contributed by atoms with E-state index in [1.54, 1.807) is 0 Å². The van der Waals surface area contributed by atoms with E-state index in [9.17, 15) is 4.79 Å². The van der Waals surface area contributed by atoms with Crippen molar-refractivity contribution in [2.75, 3.05) is 11.5 Å². The Balaban J connectivity index is 1.99. The molecule has 0 radical (unpaired) electrons. The van der Waals surface area contributed by atoms with Crippen LogP contribution >= 0.6 is 0 Å². The third kappa shape index (κ3) is 4.68. The first kappa shape index (κ1) is 19.0. The Morgan fingerprint density at radius 1 is 0.778 bits per heavy atom. The van der Waals surface area contributed by atoms with Gasteiger partial charge in [-0.3, -0.25) is 4.79 Å². The third-order valence-electron chi connectivity index (χ3n) is 5.30. The molecule has 27 heavy (non-hydrogen) atoms. The van der Waals surface area contributed by atoms with Crippen molar-refractivity contribution in [1.29, 1.82) is 0 Å². The molecule has 1 fully saturated rings.